The molecule has 17 heteroatoms. The highest BCUT2D eigenvalue weighted by molar-refractivity contribution is 7.80. The lowest BCUT2D eigenvalue weighted by Gasteiger charge is -2.41. The molecule has 0 fully saturated rings. The van der Waals surface area contributed by atoms with Gasteiger partial charge >= 0.3 is 11.9 Å². The maximum absolute atomic E-state index is 13.9. The molecule has 0 heterocycles. The molecule has 0 aliphatic heterocycles. The van der Waals surface area contributed by atoms with E-state index in [9.17, 15) is 43.8 Å². The number of nitrogens with one attached hydrogen (secondary N) is 5. The molecule has 0 spiro atoms. The summed E-state index contributed by atoms with van der Waals surface area (Å²) in [7, 11) is 0. The zero-order valence-electron chi connectivity index (χ0n) is 31.0. The van der Waals surface area contributed by atoms with Crippen LogP contribution in [0.2, 0.25) is 0 Å². The number of amides is 5. The molecular formula is C37H53N7O9S. The number of carbonyl (C=O) groups is 7. The molecule has 2 aromatic rings. The third kappa shape index (κ3) is 14.4. The van der Waals surface area contributed by atoms with Crippen LogP contribution in [0.15, 0.2) is 60.7 Å². The van der Waals surface area contributed by atoms with Gasteiger partial charge in [-0.25, -0.2) is 4.79 Å². The van der Waals surface area contributed by atoms with Crippen molar-refractivity contribution in [2.45, 2.75) is 95.5 Å². The Bertz CT molecular complexity index is 1610. The minimum absolute atomic E-state index is 0.0257. The van der Waals surface area contributed by atoms with E-state index in [4.69, 9.17) is 11.5 Å². The van der Waals surface area contributed by atoms with E-state index in [1.807, 2.05) is 45.9 Å². The highest BCUT2D eigenvalue weighted by atomic mass is 32.1. The number of benzene rings is 2. The number of thiol groups is 1. The molecule has 11 N–H and O–H groups in total. The Kier molecular flexibility index (Phi) is 17.6. The van der Waals surface area contributed by atoms with Gasteiger partial charge in [0, 0.05) is 37.1 Å². The summed E-state index contributed by atoms with van der Waals surface area (Å²) >= 11 is 3.85. The summed E-state index contributed by atoms with van der Waals surface area (Å²) in [6.45, 7) is 7.03. The molecule has 0 aliphatic carbocycles. The maximum atomic E-state index is 13.9. The highest BCUT2D eigenvalue weighted by Gasteiger charge is 2.39. The molecule has 5 amide bonds. The van der Waals surface area contributed by atoms with Gasteiger partial charge in [-0.2, -0.15) is 12.6 Å². The van der Waals surface area contributed by atoms with Crippen LogP contribution in [0.3, 0.4) is 0 Å². The normalized spacial score (nSPS) is 15.2. The lowest BCUT2D eigenvalue weighted by molar-refractivity contribution is -0.143. The van der Waals surface area contributed by atoms with E-state index in [0.717, 1.165) is 5.56 Å². The average molecular weight is 772 g/mol. The predicted molar refractivity (Wildman–Crippen MR) is 204 cm³/mol. The summed E-state index contributed by atoms with van der Waals surface area (Å²) in [6, 6.07) is 10.9. The van der Waals surface area contributed by atoms with Gasteiger partial charge in [-0.15, -0.1) is 0 Å². The van der Waals surface area contributed by atoms with Crippen LogP contribution < -0.4 is 38.1 Å². The van der Waals surface area contributed by atoms with Crippen molar-refractivity contribution in [2.75, 3.05) is 12.3 Å². The second-order valence-corrected chi connectivity index (χ2v) is 14.3. The van der Waals surface area contributed by atoms with Crippen molar-refractivity contribution in [3.8, 4) is 0 Å². The maximum Gasteiger partial charge on any atom is 0.327 e. The Balaban J connectivity index is 2.26. The Hall–Kier alpha value is -5.00. The van der Waals surface area contributed by atoms with Gasteiger partial charge < -0.3 is 48.3 Å². The van der Waals surface area contributed by atoms with Crippen molar-refractivity contribution in [2.24, 2.45) is 16.9 Å². The van der Waals surface area contributed by atoms with E-state index in [-0.39, 0.29) is 25.0 Å². The first kappa shape index (κ1) is 45.2. The fraction of sp³-hybridized carbons (Fsp3) is 0.486. The molecule has 0 bridgehead atoms. The second kappa shape index (κ2) is 21.0. The minimum atomic E-state index is -1.69. The molecule has 0 saturated carbocycles. The van der Waals surface area contributed by atoms with E-state index in [1.165, 1.54) is 0 Å². The van der Waals surface area contributed by atoms with Crippen molar-refractivity contribution >= 4 is 54.1 Å². The van der Waals surface area contributed by atoms with Gasteiger partial charge in [0.1, 0.15) is 30.2 Å². The van der Waals surface area contributed by atoms with Crippen molar-refractivity contribution < 1.29 is 43.8 Å². The first-order valence-electron chi connectivity index (χ1n) is 17.5. The number of nitrogens with two attached hydrogens (primary N) is 2. The Morgan fingerprint density at radius 3 is 1.61 bits per heavy atom. The molecule has 54 heavy (non-hydrogen) atoms. The van der Waals surface area contributed by atoms with Crippen LogP contribution in [-0.2, 0) is 46.4 Å². The molecule has 0 saturated heterocycles. The van der Waals surface area contributed by atoms with Crippen LogP contribution in [0.4, 0.5) is 0 Å². The third-order valence-electron chi connectivity index (χ3n) is 9.38. The van der Waals surface area contributed by atoms with Crippen LogP contribution >= 0.6 is 12.6 Å². The number of aliphatic carboxylic acids is 2. The van der Waals surface area contributed by atoms with E-state index < -0.39 is 95.6 Å². The van der Waals surface area contributed by atoms with E-state index in [0.29, 0.717) is 12.0 Å². The smallest absolute Gasteiger partial charge is 0.327 e. The van der Waals surface area contributed by atoms with E-state index in [2.05, 4.69) is 39.2 Å². The predicted octanol–water partition coefficient (Wildman–Crippen LogP) is -0.113. The zero-order valence-corrected chi connectivity index (χ0v) is 31.9. The molecule has 0 aromatic heterocycles. The van der Waals surface area contributed by atoms with Crippen molar-refractivity contribution in [1.29, 1.82) is 0 Å². The van der Waals surface area contributed by atoms with Crippen LogP contribution in [-0.4, -0.2) is 99.7 Å². The monoisotopic (exact) mass is 771 g/mol. The van der Waals surface area contributed by atoms with Gasteiger partial charge in [0.2, 0.25) is 29.5 Å². The largest absolute Gasteiger partial charge is 0.481 e. The van der Waals surface area contributed by atoms with Crippen molar-refractivity contribution in [3.05, 3.63) is 71.8 Å². The molecule has 0 radical (unpaired) electrons. The summed E-state index contributed by atoms with van der Waals surface area (Å²) in [5.41, 5.74) is 12.6. The first-order valence-corrected chi connectivity index (χ1v) is 18.1. The van der Waals surface area contributed by atoms with E-state index in [1.54, 1.807) is 42.5 Å². The fourth-order valence-corrected chi connectivity index (χ4v) is 5.59. The highest BCUT2D eigenvalue weighted by Crippen LogP contribution is 2.36. The Morgan fingerprint density at radius 1 is 0.704 bits per heavy atom. The van der Waals surface area contributed by atoms with Gasteiger partial charge in [-0.3, -0.25) is 28.8 Å². The molecule has 2 rings (SSSR count). The summed E-state index contributed by atoms with van der Waals surface area (Å²) < 4.78 is 0. The number of rotatable bonds is 22. The molecular weight excluding hydrogens is 719 g/mol. The fourth-order valence-electron chi connectivity index (χ4n) is 5.35. The SMILES string of the molecule is CCC(C)(CC(=O)NC(Cc1ccccc1)C(=O)NC(Cc1ccccc1)C(=O)NCC(N)C(=O)NC(CC(=O)O)C(=O)NC(CS)C(=O)O)C(C)(C)N. The molecule has 6 atom stereocenters. The second-order valence-electron chi connectivity index (χ2n) is 14.0. The van der Waals surface area contributed by atoms with Gasteiger partial charge in [0.15, 0.2) is 0 Å². The van der Waals surface area contributed by atoms with Gasteiger partial charge in [0.05, 0.1) is 6.42 Å². The van der Waals surface area contributed by atoms with Crippen LogP contribution in [0.5, 0.6) is 0 Å². The lowest BCUT2D eigenvalue weighted by atomic mass is 9.69. The molecule has 0 aliphatic rings. The molecule has 16 nitrogen and oxygen atoms in total. The van der Waals surface area contributed by atoms with E-state index >= 15 is 0 Å². The van der Waals surface area contributed by atoms with Gasteiger partial charge in [-0.1, -0.05) is 74.5 Å². The van der Waals surface area contributed by atoms with Crippen molar-refractivity contribution in [1.82, 2.24) is 26.6 Å². The topological polar surface area (TPSA) is 272 Å². The standard InChI is InChI=1S/C37H53N7O9S/c1-5-37(4,36(2,3)39)19-29(45)41-26(17-23-14-10-7-11-15-23)33(50)43-25(16-22-12-8-6-9-13-22)32(49)40-20-24(38)31(48)42-27(18-30(46)47)34(51)44-28(21-54)35(52)53/h6-15,24-28,54H,5,16-21,38-39H2,1-4H3,(H,40,49)(H,41,45)(H,42,48)(H,43,50)(H,44,51)(H,46,47)(H,52,53). The number of hydrogen-bond donors (Lipinski definition) is 10. The molecule has 6 unspecified atom stereocenters. The number of hydrogen-bond acceptors (Lipinski definition) is 10. The summed E-state index contributed by atoms with van der Waals surface area (Å²) in [5.74, 6) is -7.03. The number of carbonyl (C=O) groups excluding carboxylic acids is 5. The number of carboxylic acid groups (broad SMARTS) is 2. The summed E-state index contributed by atoms with van der Waals surface area (Å²) in [6.07, 6.45) is -0.0946. The molecule has 296 valence electrons. The average Bonchev–Trinajstić information content (AvgIpc) is 3.11. The summed E-state index contributed by atoms with van der Waals surface area (Å²) in [4.78, 5) is 89.3. The van der Waals surface area contributed by atoms with Gasteiger partial charge in [0.25, 0.3) is 0 Å². The zero-order chi connectivity index (χ0) is 40.6. The number of carboxylic acids is 2. The van der Waals surface area contributed by atoms with Crippen molar-refractivity contribution in [3.63, 3.8) is 0 Å². The molecule has 2 aromatic carbocycles. The third-order valence-corrected chi connectivity index (χ3v) is 9.74. The quantitative estimate of drug-likeness (QED) is 0.0706. The van der Waals surface area contributed by atoms with Crippen LogP contribution in [0.1, 0.15) is 58.1 Å². The van der Waals surface area contributed by atoms with Gasteiger partial charge in [-0.05, 0) is 36.8 Å². The minimum Gasteiger partial charge on any atom is -0.481 e. The first-order chi connectivity index (χ1) is 25.3. The Labute approximate surface area is 320 Å². The lowest BCUT2D eigenvalue weighted by Crippen LogP contribution is -2.59. The summed E-state index contributed by atoms with van der Waals surface area (Å²) in [5, 5.41) is 30.9. The van der Waals surface area contributed by atoms with Crippen LogP contribution in [0, 0.1) is 5.41 Å². The van der Waals surface area contributed by atoms with Crippen LogP contribution in [0.25, 0.3) is 0 Å². The Morgan fingerprint density at radius 2 is 1.17 bits per heavy atom.